The van der Waals surface area contributed by atoms with Gasteiger partial charge in [-0.15, -0.1) is 0 Å². The quantitative estimate of drug-likeness (QED) is 0.776. The van der Waals surface area contributed by atoms with Gasteiger partial charge in [-0.2, -0.15) is 11.3 Å². The van der Waals surface area contributed by atoms with E-state index in [-0.39, 0.29) is 0 Å². The molecule has 102 valence electrons. The van der Waals surface area contributed by atoms with E-state index < -0.39 is 0 Å². The van der Waals surface area contributed by atoms with Crippen molar-refractivity contribution in [1.29, 1.82) is 0 Å². The van der Waals surface area contributed by atoms with E-state index in [1.54, 1.807) is 0 Å². The van der Waals surface area contributed by atoms with Crippen LogP contribution in [0.2, 0.25) is 0 Å². The Morgan fingerprint density at radius 3 is 2.78 bits per heavy atom. The van der Waals surface area contributed by atoms with Gasteiger partial charge < -0.3 is 5.32 Å². The first-order valence-corrected chi connectivity index (χ1v) is 8.14. The maximum Gasteiger partial charge on any atom is 0.0247 e. The van der Waals surface area contributed by atoms with Crippen LogP contribution < -0.4 is 5.32 Å². The van der Waals surface area contributed by atoms with E-state index in [1.807, 2.05) is 11.3 Å². The second kappa shape index (κ2) is 6.69. The van der Waals surface area contributed by atoms with Crippen molar-refractivity contribution in [2.75, 3.05) is 13.1 Å². The zero-order valence-electron chi connectivity index (χ0n) is 11.9. The average Bonchev–Trinajstić information content (AvgIpc) is 3.09. The Hall–Kier alpha value is -0.380. The van der Waals surface area contributed by atoms with Crippen molar-refractivity contribution in [2.24, 2.45) is 5.92 Å². The van der Waals surface area contributed by atoms with E-state index in [4.69, 9.17) is 0 Å². The molecule has 1 aromatic heterocycles. The molecule has 1 aromatic rings. The van der Waals surface area contributed by atoms with Gasteiger partial charge in [0, 0.05) is 18.6 Å². The highest BCUT2D eigenvalue weighted by molar-refractivity contribution is 7.07. The second-order valence-corrected chi connectivity index (χ2v) is 6.34. The second-order valence-electron chi connectivity index (χ2n) is 5.56. The Labute approximate surface area is 115 Å². The zero-order valence-corrected chi connectivity index (χ0v) is 12.7. The van der Waals surface area contributed by atoms with Gasteiger partial charge in [0.1, 0.15) is 0 Å². The van der Waals surface area contributed by atoms with Gasteiger partial charge in [0.05, 0.1) is 0 Å². The zero-order chi connectivity index (χ0) is 13.0. The van der Waals surface area contributed by atoms with Crippen molar-refractivity contribution in [1.82, 2.24) is 10.2 Å². The molecule has 1 saturated carbocycles. The third kappa shape index (κ3) is 3.81. The molecule has 1 heterocycles. The first-order chi connectivity index (χ1) is 8.72. The maximum absolute atomic E-state index is 3.48. The van der Waals surface area contributed by atoms with E-state index >= 15 is 0 Å². The lowest BCUT2D eigenvalue weighted by molar-refractivity contribution is 0.142. The molecule has 18 heavy (non-hydrogen) atoms. The van der Waals surface area contributed by atoms with Crippen molar-refractivity contribution in [2.45, 2.75) is 52.2 Å². The fourth-order valence-electron chi connectivity index (χ4n) is 2.47. The normalized spacial score (nSPS) is 19.1. The van der Waals surface area contributed by atoms with E-state index in [9.17, 15) is 0 Å². The van der Waals surface area contributed by atoms with Gasteiger partial charge in [0.15, 0.2) is 0 Å². The van der Waals surface area contributed by atoms with Gasteiger partial charge in [-0.05, 0) is 61.2 Å². The van der Waals surface area contributed by atoms with Crippen molar-refractivity contribution in [3.63, 3.8) is 0 Å². The topological polar surface area (TPSA) is 15.3 Å². The lowest BCUT2D eigenvalue weighted by atomic mass is 10.0. The number of hydrogen-bond donors (Lipinski definition) is 1. The summed E-state index contributed by atoms with van der Waals surface area (Å²) in [5.41, 5.74) is 1.48. The van der Waals surface area contributed by atoms with Crippen LogP contribution in [0.25, 0.3) is 0 Å². The van der Waals surface area contributed by atoms with Crippen LogP contribution in [0, 0.1) is 5.92 Å². The summed E-state index contributed by atoms with van der Waals surface area (Å²) in [6.07, 6.45) is 2.78. The summed E-state index contributed by atoms with van der Waals surface area (Å²) in [6, 6.07) is 3.77. The minimum Gasteiger partial charge on any atom is -0.317 e. The van der Waals surface area contributed by atoms with E-state index in [0.717, 1.165) is 25.7 Å². The summed E-state index contributed by atoms with van der Waals surface area (Å²) >= 11 is 1.81. The minimum atomic E-state index is 0.663. The molecule has 2 unspecified atom stereocenters. The summed E-state index contributed by atoms with van der Waals surface area (Å²) in [6.45, 7) is 10.3. The summed E-state index contributed by atoms with van der Waals surface area (Å²) in [5.74, 6) is 0.712. The smallest absolute Gasteiger partial charge is 0.0247 e. The van der Waals surface area contributed by atoms with E-state index in [0.29, 0.717) is 12.0 Å². The third-order valence-corrected chi connectivity index (χ3v) is 4.76. The fourth-order valence-corrected chi connectivity index (χ4v) is 3.13. The summed E-state index contributed by atoms with van der Waals surface area (Å²) in [4.78, 5) is 2.71. The van der Waals surface area contributed by atoms with Crippen LogP contribution in [0.15, 0.2) is 16.8 Å². The van der Waals surface area contributed by atoms with Crippen LogP contribution in [0.4, 0.5) is 0 Å². The monoisotopic (exact) mass is 266 g/mol. The maximum atomic E-state index is 3.48. The fraction of sp³-hybridized carbons (Fsp3) is 0.733. The van der Waals surface area contributed by atoms with Gasteiger partial charge >= 0.3 is 0 Å². The molecule has 0 aromatic carbocycles. The highest BCUT2D eigenvalue weighted by Crippen LogP contribution is 2.32. The Kier molecular flexibility index (Phi) is 5.22. The van der Waals surface area contributed by atoms with Gasteiger partial charge in [0.2, 0.25) is 0 Å². The number of thiophene rings is 1. The Balaban J connectivity index is 1.92. The SMILES string of the molecule is CCNCC(C)C(C)N(Cc1ccsc1)C1CC1. The minimum absolute atomic E-state index is 0.663. The Bertz CT molecular complexity index is 332. The summed E-state index contributed by atoms with van der Waals surface area (Å²) in [5, 5.41) is 7.95. The number of hydrogen-bond acceptors (Lipinski definition) is 3. The molecular formula is C15H26N2S. The molecule has 3 heteroatoms. The first-order valence-electron chi connectivity index (χ1n) is 7.20. The van der Waals surface area contributed by atoms with Crippen LogP contribution in [0.3, 0.4) is 0 Å². The number of nitrogens with one attached hydrogen (secondary N) is 1. The van der Waals surface area contributed by atoms with Gasteiger partial charge in [0.25, 0.3) is 0 Å². The highest BCUT2D eigenvalue weighted by Gasteiger charge is 2.33. The lowest BCUT2D eigenvalue weighted by Crippen LogP contribution is -2.42. The molecule has 1 N–H and O–H groups in total. The van der Waals surface area contributed by atoms with E-state index in [2.05, 4.69) is 47.8 Å². The van der Waals surface area contributed by atoms with Crippen molar-refractivity contribution >= 4 is 11.3 Å². The number of rotatable bonds is 8. The van der Waals surface area contributed by atoms with E-state index in [1.165, 1.54) is 18.4 Å². The Morgan fingerprint density at radius 1 is 1.44 bits per heavy atom. The van der Waals surface area contributed by atoms with Crippen LogP contribution >= 0.6 is 11.3 Å². The molecule has 0 saturated heterocycles. The van der Waals surface area contributed by atoms with Crippen molar-refractivity contribution in [3.05, 3.63) is 22.4 Å². The molecule has 0 bridgehead atoms. The largest absolute Gasteiger partial charge is 0.317 e. The van der Waals surface area contributed by atoms with Crippen LogP contribution in [0.5, 0.6) is 0 Å². The molecule has 0 radical (unpaired) electrons. The molecule has 2 nitrogen and oxygen atoms in total. The highest BCUT2D eigenvalue weighted by atomic mass is 32.1. The average molecular weight is 266 g/mol. The predicted molar refractivity (Wildman–Crippen MR) is 80.1 cm³/mol. The van der Waals surface area contributed by atoms with Crippen molar-refractivity contribution in [3.8, 4) is 0 Å². The summed E-state index contributed by atoms with van der Waals surface area (Å²) < 4.78 is 0. The standard InChI is InChI=1S/C15H26N2S/c1-4-16-9-12(2)13(3)17(15-5-6-15)10-14-7-8-18-11-14/h7-8,11-13,15-16H,4-6,9-10H2,1-3H3. The molecule has 2 rings (SSSR count). The first kappa shape index (κ1) is 14.0. The lowest BCUT2D eigenvalue weighted by Gasteiger charge is -2.33. The Morgan fingerprint density at radius 2 is 2.22 bits per heavy atom. The molecule has 1 aliphatic rings. The van der Waals surface area contributed by atoms with Crippen LogP contribution in [-0.4, -0.2) is 30.1 Å². The third-order valence-electron chi connectivity index (χ3n) is 4.02. The molecule has 1 fully saturated rings. The van der Waals surface area contributed by atoms with Gasteiger partial charge in [-0.1, -0.05) is 13.8 Å². The molecule has 1 aliphatic carbocycles. The van der Waals surface area contributed by atoms with Crippen LogP contribution in [0.1, 0.15) is 39.2 Å². The molecule has 0 aliphatic heterocycles. The van der Waals surface area contributed by atoms with Crippen molar-refractivity contribution < 1.29 is 0 Å². The predicted octanol–water partition coefficient (Wildman–Crippen LogP) is 3.35. The molecule has 0 amide bonds. The van der Waals surface area contributed by atoms with Crippen LogP contribution in [-0.2, 0) is 6.54 Å². The van der Waals surface area contributed by atoms with Gasteiger partial charge in [-0.25, -0.2) is 0 Å². The molecule has 0 spiro atoms. The summed E-state index contributed by atoms with van der Waals surface area (Å²) in [7, 11) is 0. The molecule has 2 atom stereocenters. The van der Waals surface area contributed by atoms with Gasteiger partial charge in [-0.3, -0.25) is 4.90 Å². The molecular weight excluding hydrogens is 240 g/mol. The number of nitrogens with zero attached hydrogens (tertiary/aromatic N) is 1.